The fourth-order valence-electron chi connectivity index (χ4n) is 3.15. The average Bonchev–Trinajstić information content (AvgIpc) is 2.86. The molecule has 0 bridgehead atoms. The molecular weight excluding hydrogens is 404 g/mol. The summed E-state index contributed by atoms with van der Waals surface area (Å²) < 4.78 is 32.0. The molecule has 1 amide bonds. The number of anilines is 3. The number of carbonyl (C=O) groups excluding carboxylic acids is 1. The van der Waals surface area contributed by atoms with Crippen LogP contribution in [0.3, 0.4) is 0 Å². The van der Waals surface area contributed by atoms with Gasteiger partial charge in [0, 0.05) is 44.0 Å². The van der Waals surface area contributed by atoms with Crippen LogP contribution < -0.4 is 16.0 Å². The van der Waals surface area contributed by atoms with Gasteiger partial charge in [-0.25, -0.2) is 4.98 Å². The van der Waals surface area contributed by atoms with Crippen LogP contribution in [0.4, 0.5) is 26.2 Å². The molecule has 1 aromatic carbocycles. The number of hydrogen-bond donors (Lipinski definition) is 2. The van der Waals surface area contributed by atoms with Crippen LogP contribution >= 0.6 is 11.6 Å². The molecule has 1 saturated heterocycles. The highest BCUT2D eigenvalue weighted by molar-refractivity contribution is 6.31. The van der Waals surface area contributed by atoms with Crippen molar-refractivity contribution >= 4 is 35.0 Å². The summed E-state index contributed by atoms with van der Waals surface area (Å²) >= 11 is 6.45. The van der Waals surface area contributed by atoms with Gasteiger partial charge in [-0.1, -0.05) is 17.7 Å². The predicted octanol–water partition coefficient (Wildman–Crippen LogP) is 3.83. The predicted molar refractivity (Wildman–Crippen MR) is 110 cm³/mol. The van der Waals surface area contributed by atoms with Crippen LogP contribution in [0.1, 0.15) is 32.1 Å². The Labute approximate surface area is 173 Å². The summed E-state index contributed by atoms with van der Waals surface area (Å²) in [6, 6.07) is 6.24. The molecule has 0 radical (unpaired) electrons. The van der Waals surface area contributed by atoms with E-state index in [0.29, 0.717) is 37.5 Å². The number of ether oxygens (including phenoxy) is 1. The number of benzene rings is 1. The van der Waals surface area contributed by atoms with Crippen molar-refractivity contribution in [3.8, 4) is 0 Å². The third-order valence-electron chi connectivity index (χ3n) is 4.51. The lowest BCUT2D eigenvalue weighted by molar-refractivity contribution is -0.137. The first-order valence-corrected chi connectivity index (χ1v) is 9.47. The summed E-state index contributed by atoms with van der Waals surface area (Å²) in [5, 5.41) is 2.49. The molecule has 1 fully saturated rings. The van der Waals surface area contributed by atoms with Gasteiger partial charge in [0.15, 0.2) is 0 Å². The minimum atomic E-state index is -3.48. The van der Waals surface area contributed by atoms with Crippen LogP contribution in [0.5, 0.6) is 0 Å². The van der Waals surface area contributed by atoms with Crippen molar-refractivity contribution in [2.24, 2.45) is 0 Å². The number of nitrogens with zero attached hydrogens (tertiary/aromatic N) is 3. The summed E-state index contributed by atoms with van der Waals surface area (Å²) in [6.45, 7) is 3.98. The Balaban J connectivity index is 0.00000320. The van der Waals surface area contributed by atoms with Gasteiger partial charge in [0.05, 0.1) is 12.6 Å². The quantitative estimate of drug-likeness (QED) is 0.770. The fourth-order valence-corrected chi connectivity index (χ4v) is 3.45. The van der Waals surface area contributed by atoms with Gasteiger partial charge in [-0.15, -0.1) is 0 Å². The zero-order valence-electron chi connectivity index (χ0n) is 16.1. The molecular formula is C19H24ClF2N5O2. The first kappa shape index (κ1) is 21.2. The number of halogens is 3. The molecule has 3 rings (SSSR count). The number of nitrogen functional groups attached to an aromatic ring is 1. The molecule has 0 saturated carbocycles. The molecule has 1 unspecified atom stereocenters. The van der Waals surface area contributed by atoms with E-state index in [9.17, 15) is 13.6 Å². The minimum Gasteiger partial charge on any atom is -0.379 e. The van der Waals surface area contributed by atoms with Crippen LogP contribution in [0.2, 0.25) is 5.02 Å². The van der Waals surface area contributed by atoms with Gasteiger partial charge in [-0.05, 0) is 31.0 Å². The number of rotatable bonds is 4. The number of aromatic nitrogens is 2. The number of aryl methyl sites for hydroxylation is 1. The van der Waals surface area contributed by atoms with Crippen molar-refractivity contribution in [2.45, 2.75) is 32.2 Å². The average molecular weight is 428 g/mol. The summed E-state index contributed by atoms with van der Waals surface area (Å²) in [4.78, 5) is 22.0. The van der Waals surface area contributed by atoms with E-state index in [1.165, 1.54) is 12.1 Å². The molecule has 10 heteroatoms. The molecule has 2 aromatic rings. The summed E-state index contributed by atoms with van der Waals surface area (Å²) in [7, 11) is 0. The van der Waals surface area contributed by atoms with E-state index in [1.807, 2.05) is 17.9 Å². The number of nitrogens with one attached hydrogen (secondary N) is 1. The van der Waals surface area contributed by atoms with E-state index < -0.39 is 11.8 Å². The Morgan fingerprint density at radius 1 is 1.41 bits per heavy atom. The van der Waals surface area contributed by atoms with Crippen molar-refractivity contribution in [3.05, 3.63) is 40.5 Å². The molecule has 1 atom stereocenters. The van der Waals surface area contributed by atoms with Gasteiger partial charge in [0.1, 0.15) is 5.82 Å². The number of nitrogens with two attached hydrogens (primary N) is 1. The standard InChI is InChI=1S/C19H22ClF2N5O2.H2/c1-11-8-16(26-18(23)24-11)27-6-3-7-29-10-15(27)13-5-4-12(9-14(13)20)25-17(28)19(2,21)22;/h4-5,8-9,15H,3,6-7,10H2,1-2H3,(H,25,28)(H2,23,24,26);1H. The maximum Gasteiger partial charge on any atom is 0.322 e. The van der Waals surface area contributed by atoms with Gasteiger partial charge in [-0.3, -0.25) is 4.79 Å². The Bertz CT molecular complexity index is 893. The second-order valence-corrected chi connectivity index (χ2v) is 7.35. The van der Waals surface area contributed by atoms with Crippen LogP contribution in [-0.4, -0.2) is 41.6 Å². The lowest BCUT2D eigenvalue weighted by Gasteiger charge is -2.31. The minimum absolute atomic E-state index is 0. The highest BCUT2D eigenvalue weighted by Crippen LogP contribution is 2.34. The normalized spacial score (nSPS) is 17.7. The van der Waals surface area contributed by atoms with Crippen LogP contribution in [0.25, 0.3) is 0 Å². The first-order valence-electron chi connectivity index (χ1n) is 9.09. The SMILES string of the molecule is Cc1cc(N2CCCOCC2c2ccc(NC(=O)C(C)(F)F)cc2Cl)nc(N)n1.[HH]. The van der Waals surface area contributed by atoms with Gasteiger partial charge < -0.3 is 20.7 Å². The molecule has 1 aliphatic heterocycles. The van der Waals surface area contributed by atoms with Crippen molar-refractivity contribution in [2.75, 3.05) is 35.7 Å². The number of carbonyl (C=O) groups is 1. The molecule has 3 N–H and O–H groups in total. The zero-order chi connectivity index (χ0) is 21.2. The van der Waals surface area contributed by atoms with E-state index in [0.717, 1.165) is 17.7 Å². The lowest BCUT2D eigenvalue weighted by atomic mass is 10.0. The molecule has 2 heterocycles. The monoisotopic (exact) mass is 427 g/mol. The molecule has 1 aromatic heterocycles. The van der Waals surface area contributed by atoms with Crippen molar-refractivity contribution < 1.29 is 19.7 Å². The van der Waals surface area contributed by atoms with Crippen LogP contribution in [0, 0.1) is 6.92 Å². The third-order valence-corrected chi connectivity index (χ3v) is 4.84. The number of alkyl halides is 2. The number of amides is 1. The van der Waals surface area contributed by atoms with E-state index in [-0.39, 0.29) is 19.1 Å². The maximum atomic E-state index is 13.1. The van der Waals surface area contributed by atoms with Gasteiger partial charge in [-0.2, -0.15) is 13.8 Å². The first-order chi connectivity index (χ1) is 13.6. The lowest BCUT2D eigenvalue weighted by Crippen LogP contribution is -2.32. The molecule has 0 spiro atoms. The van der Waals surface area contributed by atoms with Crippen LogP contribution in [-0.2, 0) is 9.53 Å². The molecule has 158 valence electrons. The second kappa shape index (κ2) is 8.46. The van der Waals surface area contributed by atoms with Crippen LogP contribution in [0.15, 0.2) is 24.3 Å². The van der Waals surface area contributed by atoms with Gasteiger partial charge >= 0.3 is 5.92 Å². The van der Waals surface area contributed by atoms with Crippen molar-refractivity contribution in [3.63, 3.8) is 0 Å². The van der Waals surface area contributed by atoms with E-state index >= 15 is 0 Å². The maximum absolute atomic E-state index is 13.1. The molecule has 1 aliphatic rings. The Morgan fingerprint density at radius 3 is 2.83 bits per heavy atom. The van der Waals surface area contributed by atoms with Gasteiger partial charge in [0.25, 0.3) is 5.91 Å². The van der Waals surface area contributed by atoms with E-state index in [2.05, 4.69) is 15.3 Å². The topological polar surface area (TPSA) is 93.4 Å². The molecule has 7 nitrogen and oxygen atoms in total. The highest BCUT2D eigenvalue weighted by Gasteiger charge is 2.32. The second-order valence-electron chi connectivity index (χ2n) is 6.94. The van der Waals surface area contributed by atoms with E-state index in [1.54, 1.807) is 6.07 Å². The molecule has 29 heavy (non-hydrogen) atoms. The van der Waals surface area contributed by atoms with E-state index in [4.69, 9.17) is 22.1 Å². The van der Waals surface area contributed by atoms with Gasteiger partial charge in [0.2, 0.25) is 5.95 Å². The highest BCUT2D eigenvalue weighted by atomic mass is 35.5. The summed E-state index contributed by atoms with van der Waals surface area (Å²) in [5.74, 6) is -4.05. The fraction of sp³-hybridized carbons (Fsp3) is 0.421. The Morgan fingerprint density at radius 2 is 2.17 bits per heavy atom. The molecule has 0 aliphatic carbocycles. The third kappa shape index (κ3) is 5.10. The Kier molecular flexibility index (Phi) is 6.18. The largest absolute Gasteiger partial charge is 0.379 e. The van der Waals surface area contributed by atoms with Crippen molar-refractivity contribution in [1.29, 1.82) is 0 Å². The zero-order valence-corrected chi connectivity index (χ0v) is 16.8. The number of hydrogen-bond acceptors (Lipinski definition) is 6. The summed E-state index contributed by atoms with van der Waals surface area (Å²) in [5.41, 5.74) is 7.46. The smallest absolute Gasteiger partial charge is 0.322 e. The Hall–Kier alpha value is -2.52. The summed E-state index contributed by atoms with van der Waals surface area (Å²) in [6.07, 6.45) is 0.788. The van der Waals surface area contributed by atoms with Crippen molar-refractivity contribution in [1.82, 2.24) is 9.97 Å².